The second-order valence-electron chi connectivity index (χ2n) is 6.96. The van der Waals surface area contributed by atoms with Crippen molar-refractivity contribution in [2.24, 2.45) is 4.99 Å². The van der Waals surface area contributed by atoms with Gasteiger partial charge in [0.15, 0.2) is 5.96 Å². The van der Waals surface area contributed by atoms with Crippen LogP contribution in [0.3, 0.4) is 0 Å². The Bertz CT molecular complexity index is 800. The van der Waals surface area contributed by atoms with E-state index in [-0.39, 0.29) is 29.9 Å². The standard InChI is InChI=1S/C21H29N5OS.HI/c1-3-22-21(25-15-19-23-13-16(2)28-19)24-14-17-7-9-18(10-8-17)20(27)26-11-5-4-6-12-26;/h7-10,13H,3-6,11-12,14-15H2,1-2H3,(H2,22,24,25);1H. The monoisotopic (exact) mass is 527 g/mol. The van der Waals surface area contributed by atoms with E-state index in [1.165, 1.54) is 11.3 Å². The summed E-state index contributed by atoms with van der Waals surface area (Å²) >= 11 is 1.69. The van der Waals surface area contributed by atoms with Gasteiger partial charge < -0.3 is 15.5 Å². The van der Waals surface area contributed by atoms with Crippen LogP contribution < -0.4 is 10.6 Å². The second kappa shape index (κ2) is 12.1. The number of guanidine groups is 1. The first-order chi connectivity index (χ1) is 13.7. The van der Waals surface area contributed by atoms with Gasteiger partial charge >= 0.3 is 0 Å². The highest BCUT2D eigenvalue weighted by molar-refractivity contribution is 14.0. The van der Waals surface area contributed by atoms with Crippen molar-refractivity contribution in [3.63, 3.8) is 0 Å². The fourth-order valence-electron chi connectivity index (χ4n) is 3.19. The maximum Gasteiger partial charge on any atom is 0.253 e. The van der Waals surface area contributed by atoms with E-state index in [1.807, 2.05) is 42.3 Å². The molecule has 2 N–H and O–H groups in total. The van der Waals surface area contributed by atoms with Crippen LogP contribution in [-0.2, 0) is 13.1 Å². The van der Waals surface area contributed by atoms with Crippen LogP contribution in [0.25, 0.3) is 0 Å². The molecule has 0 radical (unpaired) electrons. The number of aliphatic imine (C=N–C) groups is 1. The fraction of sp³-hybridized carbons (Fsp3) is 0.476. The van der Waals surface area contributed by atoms with Gasteiger partial charge in [-0.05, 0) is 50.8 Å². The molecule has 1 fully saturated rings. The van der Waals surface area contributed by atoms with Crippen molar-refractivity contribution in [3.8, 4) is 0 Å². The number of carbonyl (C=O) groups is 1. The van der Waals surface area contributed by atoms with Crippen LogP contribution in [0.1, 0.15) is 52.0 Å². The molecule has 0 unspecified atom stereocenters. The maximum absolute atomic E-state index is 12.6. The molecule has 8 heteroatoms. The minimum atomic E-state index is 0. The summed E-state index contributed by atoms with van der Waals surface area (Å²) in [5.74, 6) is 0.910. The summed E-state index contributed by atoms with van der Waals surface area (Å²) in [5.41, 5.74) is 1.84. The molecule has 0 saturated carbocycles. The average molecular weight is 527 g/mol. The molecule has 2 aromatic rings. The van der Waals surface area contributed by atoms with Gasteiger partial charge in [0.05, 0.1) is 13.1 Å². The smallest absolute Gasteiger partial charge is 0.253 e. The summed E-state index contributed by atoms with van der Waals surface area (Å²) in [6, 6.07) is 7.82. The van der Waals surface area contributed by atoms with E-state index in [2.05, 4.69) is 27.5 Å². The number of carbonyl (C=O) groups excluding carboxylic acids is 1. The third-order valence-electron chi connectivity index (χ3n) is 4.68. The second-order valence-corrected chi connectivity index (χ2v) is 8.28. The van der Waals surface area contributed by atoms with E-state index < -0.39 is 0 Å². The van der Waals surface area contributed by atoms with Crippen LogP contribution in [0.4, 0.5) is 0 Å². The zero-order valence-electron chi connectivity index (χ0n) is 17.1. The number of likely N-dealkylation sites (tertiary alicyclic amines) is 1. The Hall–Kier alpha value is -1.68. The highest BCUT2D eigenvalue weighted by Gasteiger charge is 2.17. The van der Waals surface area contributed by atoms with E-state index in [9.17, 15) is 4.79 Å². The molecule has 0 atom stereocenters. The molecule has 1 aromatic heterocycles. The molecule has 1 aliphatic rings. The lowest BCUT2D eigenvalue weighted by Gasteiger charge is -2.26. The first-order valence-electron chi connectivity index (χ1n) is 9.97. The number of aryl methyl sites for hydroxylation is 1. The van der Waals surface area contributed by atoms with E-state index in [4.69, 9.17) is 0 Å². The number of thiazole rings is 1. The van der Waals surface area contributed by atoms with Crippen molar-refractivity contribution in [1.82, 2.24) is 20.5 Å². The summed E-state index contributed by atoms with van der Waals surface area (Å²) in [6.45, 7) is 7.87. The highest BCUT2D eigenvalue weighted by Crippen LogP contribution is 2.14. The normalized spacial score (nSPS) is 14.3. The number of nitrogens with one attached hydrogen (secondary N) is 2. The van der Waals surface area contributed by atoms with E-state index >= 15 is 0 Å². The van der Waals surface area contributed by atoms with Gasteiger partial charge in [0.2, 0.25) is 0 Å². The molecule has 1 aliphatic heterocycles. The largest absolute Gasteiger partial charge is 0.357 e. The van der Waals surface area contributed by atoms with Gasteiger partial charge in [-0.25, -0.2) is 9.98 Å². The number of benzene rings is 1. The number of nitrogens with zero attached hydrogens (tertiary/aromatic N) is 3. The van der Waals surface area contributed by atoms with Crippen LogP contribution in [0.2, 0.25) is 0 Å². The van der Waals surface area contributed by atoms with Crippen molar-refractivity contribution in [2.75, 3.05) is 19.6 Å². The number of rotatable bonds is 6. The van der Waals surface area contributed by atoms with Crippen molar-refractivity contribution >= 4 is 47.2 Å². The molecule has 1 amide bonds. The number of hydrogen-bond donors (Lipinski definition) is 2. The lowest BCUT2D eigenvalue weighted by atomic mass is 10.1. The third-order valence-corrected chi connectivity index (χ3v) is 5.60. The lowest BCUT2D eigenvalue weighted by molar-refractivity contribution is 0.0724. The molecule has 158 valence electrons. The number of piperidine rings is 1. The number of hydrogen-bond acceptors (Lipinski definition) is 4. The van der Waals surface area contributed by atoms with Crippen LogP contribution in [0.15, 0.2) is 35.5 Å². The van der Waals surface area contributed by atoms with Gasteiger partial charge in [0.25, 0.3) is 5.91 Å². The van der Waals surface area contributed by atoms with Crippen LogP contribution in [0.5, 0.6) is 0 Å². The summed E-state index contributed by atoms with van der Waals surface area (Å²) in [4.78, 5) is 24.7. The van der Waals surface area contributed by atoms with Crippen molar-refractivity contribution in [3.05, 3.63) is 51.5 Å². The Morgan fingerprint density at radius 2 is 1.90 bits per heavy atom. The minimum absolute atomic E-state index is 0. The van der Waals surface area contributed by atoms with Gasteiger partial charge in [0.1, 0.15) is 5.01 Å². The predicted molar refractivity (Wildman–Crippen MR) is 130 cm³/mol. The molecular weight excluding hydrogens is 497 g/mol. The van der Waals surface area contributed by atoms with E-state index in [1.54, 1.807) is 11.3 Å². The van der Waals surface area contributed by atoms with Crippen molar-refractivity contribution in [1.29, 1.82) is 0 Å². The zero-order valence-corrected chi connectivity index (χ0v) is 20.3. The molecule has 3 rings (SSSR count). The van der Waals surface area contributed by atoms with Gasteiger partial charge in [-0.15, -0.1) is 35.3 Å². The molecule has 1 saturated heterocycles. The van der Waals surface area contributed by atoms with Gasteiger partial charge in [0, 0.05) is 36.3 Å². The Labute approximate surface area is 194 Å². The highest BCUT2D eigenvalue weighted by atomic mass is 127. The first kappa shape index (κ1) is 23.6. The molecule has 1 aromatic carbocycles. The predicted octanol–water partition coefficient (Wildman–Crippen LogP) is 3.95. The maximum atomic E-state index is 12.6. The topological polar surface area (TPSA) is 69.6 Å². The summed E-state index contributed by atoms with van der Waals surface area (Å²) in [5, 5.41) is 7.62. The summed E-state index contributed by atoms with van der Waals surface area (Å²) in [6.07, 6.45) is 5.34. The minimum Gasteiger partial charge on any atom is -0.357 e. The van der Waals surface area contributed by atoms with Gasteiger partial charge in [-0.1, -0.05) is 12.1 Å². The number of amides is 1. The lowest BCUT2D eigenvalue weighted by Crippen LogP contribution is -2.36. The average Bonchev–Trinajstić information content (AvgIpc) is 3.16. The molecular formula is C21H30IN5OS. The molecule has 0 aliphatic carbocycles. The van der Waals surface area contributed by atoms with Gasteiger partial charge in [-0.3, -0.25) is 4.79 Å². The molecule has 29 heavy (non-hydrogen) atoms. The van der Waals surface area contributed by atoms with Crippen LogP contribution in [-0.4, -0.2) is 41.4 Å². The molecule has 0 bridgehead atoms. The van der Waals surface area contributed by atoms with Crippen molar-refractivity contribution in [2.45, 2.75) is 46.2 Å². The van der Waals surface area contributed by atoms with Gasteiger partial charge in [-0.2, -0.15) is 0 Å². The SMILES string of the molecule is CCNC(=NCc1ccc(C(=O)N2CCCCC2)cc1)NCc1ncc(C)s1.I. The molecule has 6 nitrogen and oxygen atoms in total. The Balaban J connectivity index is 0.00000300. The third kappa shape index (κ3) is 7.26. The molecule has 2 heterocycles. The summed E-state index contributed by atoms with van der Waals surface area (Å²) in [7, 11) is 0. The Kier molecular flexibility index (Phi) is 9.86. The molecule has 0 spiro atoms. The Morgan fingerprint density at radius 3 is 2.52 bits per heavy atom. The quantitative estimate of drug-likeness (QED) is 0.339. The van der Waals surface area contributed by atoms with Crippen molar-refractivity contribution < 1.29 is 4.79 Å². The van der Waals surface area contributed by atoms with Crippen LogP contribution >= 0.6 is 35.3 Å². The van der Waals surface area contributed by atoms with E-state index in [0.717, 1.165) is 54.6 Å². The first-order valence-corrected chi connectivity index (χ1v) is 10.8. The number of aromatic nitrogens is 1. The zero-order chi connectivity index (χ0) is 19.8. The van der Waals surface area contributed by atoms with Crippen LogP contribution in [0, 0.1) is 6.92 Å². The fourth-order valence-corrected chi connectivity index (χ4v) is 3.91. The Morgan fingerprint density at radius 1 is 1.17 bits per heavy atom. The number of halogens is 1. The summed E-state index contributed by atoms with van der Waals surface area (Å²) < 4.78 is 0. The van der Waals surface area contributed by atoms with E-state index in [0.29, 0.717) is 13.1 Å².